The third-order valence-corrected chi connectivity index (χ3v) is 3.66. The molecule has 0 fully saturated rings. The van der Waals surface area contributed by atoms with Crippen molar-refractivity contribution in [2.45, 2.75) is 0 Å². The molecule has 2 rings (SSSR count). The number of allylic oxidation sites excluding steroid dienone is 2. The van der Waals surface area contributed by atoms with E-state index in [1.54, 1.807) is 42.5 Å². The molecule has 0 atom stereocenters. The monoisotopic (exact) mass is 354 g/mol. The Kier molecular flexibility index (Phi) is 5.30. The van der Waals surface area contributed by atoms with Crippen LogP contribution >= 0.6 is 23.2 Å². The SMILES string of the molecule is N#CC(=Cc1ccc(-c2c(Cl)cccc2Cl)o1)C(N)=C(C#N)C#N. The molecule has 1 heterocycles. The summed E-state index contributed by atoms with van der Waals surface area (Å²) >= 11 is 12.2. The summed E-state index contributed by atoms with van der Waals surface area (Å²) in [4.78, 5) is 0. The maximum atomic E-state index is 9.17. The summed E-state index contributed by atoms with van der Waals surface area (Å²) in [5.74, 6) is 0.716. The van der Waals surface area contributed by atoms with Gasteiger partial charge in [0.15, 0.2) is 5.57 Å². The Balaban J connectivity index is 2.49. The van der Waals surface area contributed by atoms with Crippen molar-refractivity contribution in [1.82, 2.24) is 0 Å². The van der Waals surface area contributed by atoms with Gasteiger partial charge in [-0.25, -0.2) is 0 Å². The van der Waals surface area contributed by atoms with Crippen LogP contribution in [0.5, 0.6) is 0 Å². The van der Waals surface area contributed by atoms with Gasteiger partial charge in [-0.15, -0.1) is 0 Å². The molecule has 116 valence electrons. The van der Waals surface area contributed by atoms with Crippen LogP contribution in [-0.2, 0) is 0 Å². The topological polar surface area (TPSA) is 111 Å². The first-order valence-corrected chi connectivity index (χ1v) is 7.23. The van der Waals surface area contributed by atoms with E-state index < -0.39 is 0 Å². The van der Waals surface area contributed by atoms with Crippen LogP contribution in [0.2, 0.25) is 10.0 Å². The van der Waals surface area contributed by atoms with Gasteiger partial charge >= 0.3 is 0 Å². The Labute approximate surface area is 148 Å². The highest BCUT2D eigenvalue weighted by molar-refractivity contribution is 6.39. The summed E-state index contributed by atoms with van der Waals surface area (Å²) in [6, 6.07) is 13.4. The zero-order valence-corrected chi connectivity index (χ0v) is 13.6. The highest BCUT2D eigenvalue weighted by Crippen LogP contribution is 2.35. The lowest BCUT2D eigenvalue weighted by Crippen LogP contribution is -2.03. The molecule has 0 bridgehead atoms. The standard InChI is InChI=1S/C17H8Cl2N4O/c18-13-2-1-3-14(19)16(13)15-5-4-12(24-15)6-10(7-20)17(23)11(8-21)9-22/h1-6H,23H2. The van der Waals surface area contributed by atoms with Crippen molar-refractivity contribution in [3.8, 4) is 29.5 Å². The second-order valence-corrected chi connectivity index (χ2v) is 5.30. The van der Waals surface area contributed by atoms with Gasteiger partial charge in [0.1, 0.15) is 29.7 Å². The molecule has 1 aromatic carbocycles. The molecule has 7 heteroatoms. The van der Waals surface area contributed by atoms with E-state index in [-0.39, 0.29) is 16.8 Å². The van der Waals surface area contributed by atoms with Gasteiger partial charge in [0, 0.05) is 6.08 Å². The Bertz CT molecular complexity index is 945. The van der Waals surface area contributed by atoms with Crippen LogP contribution in [0.1, 0.15) is 5.76 Å². The molecule has 0 aliphatic rings. The van der Waals surface area contributed by atoms with Crippen molar-refractivity contribution < 1.29 is 4.42 Å². The molecule has 24 heavy (non-hydrogen) atoms. The summed E-state index contributed by atoms with van der Waals surface area (Å²) in [6.07, 6.45) is 1.33. The minimum Gasteiger partial charge on any atom is -0.457 e. The average molecular weight is 355 g/mol. The van der Waals surface area contributed by atoms with Crippen molar-refractivity contribution in [1.29, 1.82) is 15.8 Å². The normalized spacial score (nSPS) is 10.4. The summed E-state index contributed by atoms with van der Waals surface area (Å²) in [5.41, 5.74) is 5.58. The Hall–Kier alpha value is -3.17. The summed E-state index contributed by atoms with van der Waals surface area (Å²) in [5, 5.41) is 27.7. The predicted octanol–water partition coefficient (Wildman–Crippen LogP) is 4.42. The van der Waals surface area contributed by atoms with E-state index in [1.807, 2.05) is 6.07 Å². The van der Waals surface area contributed by atoms with Crippen molar-refractivity contribution in [3.63, 3.8) is 0 Å². The fourth-order valence-electron chi connectivity index (χ4n) is 1.89. The van der Waals surface area contributed by atoms with Gasteiger partial charge in [0.2, 0.25) is 0 Å². The second kappa shape index (κ2) is 7.40. The smallest absolute Gasteiger partial charge is 0.153 e. The number of benzene rings is 1. The van der Waals surface area contributed by atoms with Crippen molar-refractivity contribution in [2.24, 2.45) is 5.73 Å². The van der Waals surface area contributed by atoms with Crippen molar-refractivity contribution in [2.75, 3.05) is 0 Å². The van der Waals surface area contributed by atoms with Crippen molar-refractivity contribution in [3.05, 3.63) is 63.0 Å². The highest BCUT2D eigenvalue weighted by atomic mass is 35.5. The van der Waals surface area contributed by atoms with E-state index in [0.717, 1.165) is 0 Å². The first kappa shape index (κ1) is 17.2. The van der Waals surface area contributed by atoms with E-state index >= 15 is 0 Å². The largest absolute Gasteiger partial charge is 0.457 e. The molecule has 0 aliphatic heterocycles. The molecule has 0 saturated carbocycles. The van der Waals surface area contributed by atoms with E-state index in [1.165, 1.54) is 6.08 Å². The first-order chi connectivity index (χ1) is 11.5. The van der Waals surface area contributed by atoms with Gasteiger partial charge in [-0.3, -0.25) is 0 Å². The minimum atomic E-state index is -0.344. The van der Waals surface area contributed by atoms with E-state index in [4.69, 9.17) is 43.9 Å². The maximum Gasteiger partial charge on any atom is 0.153 e. The quantitative estimate of drug-likeness (QED) is 0.647. The lowest BCUT2D eigenvalue weighted by molar-refractivity contribution is 0.571. The summed E-state index contributed by atoms with van der Waals surface area (Å²) < 4.78 is 5.62. The molecule has 1 aromatic heterocycles. The minimum absolute atomic E-state index is 0.0562. The summed E-state index contributed by atoms with van der Waals surface area (Å²) in [6.45, 7) is 0. The number of hydrogen-bond acceptors (Lipinski definition) is 5. The van der Waals surface area contributed by atoms with Gasteiger partial charge in [-0.1, -0.05) is 29.3 Å². The molecular formula is C17H8Cl2N4O. The van der Waals surface area contributed by atoms with Gasteiger partial charge in [0.25, 0.3) is 0 Å². The Morgan fingerprint density at radius 2 is 1.62 bits per heavy atom. The zero-order valence-electron chi connectivity index (χ0n) is 12.0. The third kappa shape index (κ3) is 3.42. The number of nitriles is 3. The van der Waals surface area contributed by atoms with E-state index in [9.17, 15) is 5.26 Å². The lowest BCUT2D eigenvalue weighted by atomic mass is 10.1. The zero-order chi connectivity index (χ0) is 17.7. The van der Waals surface area contributed by atoms with Gasteiger partial charge < -0.3 is 10.2 Å². The predicted molar refractivity (Wildman–Crippen MR) is 90.2 cm³/mol. The average Bonchev–Trinajstić information content (AvgIpc) is 3.01. The van der Waals surface area contributed by atoms with Gasteiger partial charge in [-0.05, 0) is 24.3 Å². The number of nitrogens with two attached hydrogens (primary N) is 1. The van der Waals surface area contributed by atoms with Crippen molar-refractivity contribution >= 4 is 29.3 Å². The van der Waals surface area contributed by atoms with Crippen LogP contribution in [0.15, 0.2) is 51.6 Å². The highest BCUT2D eigenvalue weighted by Gasteiger charge is 2.13. The molecule has 2 N–H and O–H groups in total. The van der Waals surface area contributed by atoms with E-state index in [0.29, 0.717) is 27.1 Å². The molecule has 0 spiro atoms. The molecule has 0 unspecified atom stereocenters. The number of furan rings is 1. The Morgan fingerprint density at radius 3 is 2.17 bits per heavy atom. The maximum absolute atomic E-state index is 9.17. The fourth-order valence-corrected chi connectivity index (χ4v) is 2.47. The molecule has 0 aliphatic carbocycles. The van der Waals surface area contributed by atoms with Crippen LogP contribution in [-0.4, -0.2) is 0 Å². The van der Waals surface area contributed by atoms with Gasteiger partial charge in [-0.2, -0.15) is 15.8 Å². The van der Waals surface area contributed by atoms with Crippen LogP contribution in [0, 0.1) is 34.0 Å². The molecule has 0 radical (unpaired) electrons. The third-order valence-electron chi connectivity index (χ3n) is 3.03. The Morgan fingerprint density at radius 1 is 1.00 bits per heavy atom. The van der Waals surface area contributed by atoms with Crippen LogP contribution in [0.25, 0.3) is 17.4 Å². The number of hydrogen-bond donors (Lipinski definition) is 1. The molecule has 2 aromatic rings. The number of nitrogens with zero attached hydrogens (tertiary/aromatic N) is 3. The second-order valence-electron chi connectivity index (χ2n) is 4.48. The molecular weight excluding hydrogens is 347 g/mol. The fraction of sp³-hybridized carbons (Fsp3) is 0. The van der Waals surface area contributed by atoms with E-state index in [2.05, 4.69) is 0 Å². The van der Waals surface area contributed by atoms with Gasteiger partial charge in [0.05, 0.1) is 26.9 Å². The number of rotatable bonds is 3. The number of halogens is 2. The van der Waals surface area contributed by atoms with Crippen LogP contribution in [0.4, 0.5) is 0 Å². The molecule has 5 nitrogen and oxygen atoms in total. The van der Waals surface area contributed by atoms with Crippen LogP contribution < -0.4 is 5.73 Å². The summed E-state index contributed by atoms with van der Waals surface area (Å²) in [7, 11) is 0. The van der Waals surface area contributed by atoms with Crippen LogP contribution in [0.3, 0.4) is 0 Å². The lowest BCUT2D eigenvalue weighted by Gasteiger charge is -2.03. The first-order valence-electron chi connectivity index (χ1n) is 6.48. The molecule has 0 saturated heterocycles. The molecule has 0 amide bonds.